The van der Waals surface area contributed by atoms with Gasteiger partial charge >= 0.3 is 0 Å². The molecule has 3 rings (SSSR count). The summed E-state index contributed by atoms with van der Waals surface area (Å²) in [6, 6.07) is 20.3. The normalized spacial score (nSPS) is 10.3. The topological polar surface area (TPSA) is 46.2 Å². The molecule has 0 saturated carbocycles. The molecule has 3 heteroatoms. The van der Waals surface area contributed by atoms with E-state index in [-0.39, 0.29) is 5.91 Å². The third-order valence-corrected chi connectivity index (χ3v) is 3.29. The second-order valence-corrected chi connectivity index (χ2v) is 4.76. The van der Waals surface area contributed by atoms with E-state index in [1.807, 2.05) is 36.4 Å². The van der Waals surface area contributed by atoms with Gasteiger partial charge in [0.05, 0.1) is 0 Å². The molecule has 0 aliphatic rings. The van der Waals surface area contributed by atoms with Crippen molar-refractivity contribution >= 4 is 28.7 Å². The molecule has 0 aliphatic heterocycles. The van der Waals surface area contributed by atoms with E-state index in [0.29, 0.717) is 16.8 Å². The fourth-order valence-corrected chi connectivity index (χ4v) is 2.22. The van der Waals surface area contributed by atoms with Crippen molar-refractivity contribution in [2.75, 3.05) is 5.32 Å². The lowest BCUT2D eigenvalue weighted by Crippen LogP contribution is -2.11. The number of nitrogens with one attached hydrogen (secondary N) is 1. The van der Waals surface area contributed by atoms with Crippen molar-refractivity contribution < 1.29 is 9.59 Å². The number of benzene rings is 3. The standard InChI is InChI=1S/C18H13NO2/c20-12-13-4-3-7-17(10-13)19-18(21)16-9-8-14-5-1-2-6-15(14)11-16/h1-12H,(H,19,21). The van der Waals surface area contributed by atoms with Gasteiger partial charge in [-0.05, 0) is 35.0 Å². The number of aldehydes is 1. The number of hydrogen-bond acceptors (Lipinski definition) is 2. The second-order valence-electron chi connectivity index (χ2n) is 4.76. The van der Waals surface area contributed by atoms with Gasteiger partial charge in [0.2, 0.25) is 0 Å². The van der Waals surface area contributed by atoms with E-state index in [1.54, 1.807) is 30.3 Å². The molecule has 0 atom stereocenters. The van der Waals surface area contributed by atoms with Crippen LogP contribution in [0.15, 0.2) is 66.7 Å². The molecule has 0 spiro atoms. The Morgan fingerprint density at radius 3 is 2.48 bits per heavy atom. The third kappa shape index (κ3) is 2.82. The number of rotatable bonds is 3. The minimum Gasteiger partial charge on any atom is -0.322 e. The van der Waals surface area contributed by atoms with Crippen LogP contribution in [0.5, 0.6) is 0 Å². The first-order valence-corrected chi connectivity index (χ1v) is 6.62. The molecular formula is C18H13NO2. The Morgan fingerprint density at radius 2 is 1.67 bits per heavy atom. The van der Waals surface area contributed by atoms with Crippen molar-refractivity contribution in [2.24, 2.45) is 0 Å². The first kappa shape index (κ1) is 13.1. The maximum absolute atomic E-state index is 12.3. The maximum Gasteiger partial charge on any atom is 0.255 e. The Morgan fingerprint density at radius 1 is 0.857 bits per heavy atom. The molecule has 102 valence electrons. The van der Waals surface area contributed by atoms with Gasteiger partial charge in [-0.1, -0.05) is 42.5 Å². The number of carbonyl (C=O) groups is 2. The molecule has 0 heterocycles. The molecular weight excluding hydrogens is 262 g/mol. The van der Waals surface area contributed by atoms with Crippen LogP contribution in [0.25, 0.3) is 10.8 Å². The summed E-state index contributed by atoms with van der Waals surface area (Å²) in [4.78, 5) is 23.0. The zero-order valence-electron chi connectivity index (χ0n) is 11.2. The summed E-state index contributed by atoms with van der Waals surface area (Å²) in [6.45, 7) is 0. The Balaban J connectivity index is 1.87. The first-order chi connectivity index (χ1) is 10.3. The van der Waals surface area contributed by atoms with Crippen LogP contribution in [0.1, 0.15) is 20.7 Å². The quantitative estimate of drug-likeness (QED) is 0.737. The van der Waals surface area contributed by atoms with E-state index in [2.05, 4.69) is 5.32 Å². The monoisotopic (exact) mass is 275 g/mol. The Labute approximate surface area is 122 Å². The molecule has 0 fully saturated rings. The lowest BCUT2D eigenvalue weighted by Gasteiger charge is -2.07. The number of amides is 1. The number of hydrogen-bond donors (Lipinski definition) is 1. The maximum atomic E-state index is 12.3. The van der Waals surface area contributed by atoms with E-state index in [0.717, 1.165) is 17.1 Å². The highest BCUT2D eigenvalue weighted by molar-refractivity contribution is 6.06. The second kappa shape index (κ2) is 5.59. The van der Waals surface area contributed by atoms with Gasteiger partial charge in [-0.25, -0.2) is 0 Å². The van der Waals surface area contributed by atoms with E-state index in [4.69, 9.17) is 0 Å². The Bertz CT molecular complexity index is 824. The van der Waals surface area contributed by atoms with Crippen LogP contribution in [0.3, 0.4) is 0 Å². The van der Waals surface area contributed by atoms with Gasteiger partial charge in [0.1, 0.15) is 6.29 Å². The highest BCUT2D eigenvalue weighted by Crippen LogP contribution is 2.17. The molecule has 0 radical (unpaired) electrons. The van der Waals surface area contributed by atoms with Gasteiger partial charge < -0.3 is 5.32 Å². The summed E-state index contributed by atoms with van der Waals surface area (Å²) in [7, 11) is 0. The molecule has 3 nitrogen and oxygen atoms in total. The van der Waals surface area contributed by atoms with E-state index in [1.165, 1.54) is 0 Å². The van der Waals surface area contributed by atoms with Crippen LogP contribution in [-0.4, -0.2) is 12.2 Å². The fraction of sp³-hybridized carbons (Fsp3) is 0. The Hall–Kier alpha value is -2.94. The highest BCUT2D eigenvalue weighted by Gasteiger charge is 2.07. The van der Waals surface area contributed by atoms with E-state index < -0.39 is 0 Å². The van der Waals surface area contributed by atoms with Crippen molar-refractivity contribution in [3.63, 3.8) is 0 Å². The number of fused-ring (bicyclic) bond motifs is 1. The third-order valence-electron chi connectivity index (χ3n) is 3.29. The molecule has 0 bridgehead atoms. The van der Waals surface area contributed by atoms with Gasteiger partial charge in [0.15, 0.2) is 0 Å². The van der Waals surface area contributed by atoms with Crippen molar-refractivity contribution in [3.05, 3.63) is 77.9 Å². The lowest BCUT2D eigenvalue weighted by atomic mass is 10.1. The summed E-state index contributed by atoms with van der Waals surface area (Å²) in [5.74, 6) is -0.191. The average molecular weight is 275 g/mol. The minimum atomic E-state index is -0.191. The van der Waals surface area contributed by atoms with Crippen LogP contribution in [-0.2, 0) is 0 Å². The fourth-order valence-electron chi connectivity index (χ4n) is 2.22. The molecule has 1 N–H and O–H groups in total. The largest absolute Gasteiger partial charge is 0.322 e. The number of carbonyl (C=O) groups excluding carboxylic acids is 2. The van der Waals surface area contributed by atoms with Crippen LogP contribution in [0.2, 0.25) is 0 Å². The molecule has 0 aromatic heterocycles. The SMILES string of the molecule is O=Cc1cccc(NC(=O)c2ccc3ccccc3c2)c1. The summed E-state index contributed by atoms with van der Waals surface area (Å²) in [6.07, 6.45) is 0.756. The summed E-state index contributed by atoms with van der Waals surface area (Å²) >= 11 is 0. The molecule has 3 aromatic carbocycles. The minimum absolute atomic E-state index is 0.191. The molecule has 0 aliphatic carbocycles. The van der Waals surface area contributed by atoms with Crippen molar-refractivity contribution in [1.82, 2.24) is 0 Å². The van der Waals surface area contributed by atoms with Crippen LogP contribution < -0.4 is 5.32 Å². The predicted octanol–water partition coefficient (Wildman–Crippen LogP) is 3.90. The van der Waals surface area contributed by atoms with Gasteiger partial charge in [-0.2, -0.15) is 0 Å². The predicted molar refractivity (Wildman–Crippen MR) is 83.7 cm³/mol. The molecule has 1 amide bonds. The summed E-state index contributed by atoms with van der Waals surface area (Å²) in [5.41, 5.74) is 1.73. The van der Waals surface area contributed by atoms with E-state index >= 15 is 0 Å². The lowest BCUT2D eigenvalue weighted by molar-refractivity contribution is 0.102. The highest BCUT2D eigenvalue weighted by atomic mass is 16.1. The molecule has 0 saturated heterocycles. The molecule has 0 unspecified atom stereocenters. The Kier molecular flexibility index (Phi) is 3.48. The van der Waals surface area contributed by atoms with Crippen LogP contribution in [0, 0.1) is 0 Å². The van der Waals surface area contributed by atoms with Crippen LogP contribution in [0.4, 0.5) is 5.69 Å². The first-order valence-electron chi connectivity index (χ1n) is 6.62. The molecule has 21 heavy (non-hydrogen) atoms. The summed E-state index contributed by atoms with van der Waals surface area (Å²) < 4.78 is 0. The van der Waals surface area contributed by atoms with Gasteiger partial charge in [-0.3, -0.25) is 9.59 Å². The van der Waals surface area contributed by atoms with Crippen molar-refractivity contribution in [3.8, 4) is 0 Å². The summed E-state index contributed by atoms with van der Waals surface area (Å²) in [5, 5.41) is 4.91. The average Bonchev–Trinajstić information content (AvgIpc) is 2.54. The van der Waals surface area contributed by atoms with Gasteiger partial charge in [0, 0.05) is 16.8 Å². The molecule has 3 aromatic rings. The van der Waals surface area contributed by atoms with E-state index in [9.17, 15) is 9.59 Å². The van der Waals surface area contributed by atoms with Gasteiger partial charge in [-0.15, -0.1) is 0 Å². The zero-order chi connectivity index (χ0) is 14.7. The van der Waals surface area contributed by atoms with Gasteiger partial charge in [0.25, 0.3) is 5.91 Å². The number of anilines is 1. The smallest absolute Gasteiger partial charge is 0.255 e. The zero-order valence-corrected chi connectivity index (χ0v) is 11.2. The van der Waals surface area contributed by atoms with Crippen molar-refractivity contribution in [2.45, 2.75) is 0 Å². The van der Waals surface area contributed by atoms with Crippen molar-refractivity contribution in [1.29, 1.82) is 0 Å². The van der Waals surface area contributed by atoms with Crippen LogP contribution >= 0.6 is 0 Å².